The van der Waals surface area contributed by atoms with Crippen LogP contribution in [-0.2, 0) is 9.59 Å². The predicted molar refractivity (Wildman–Crippen MR) is 101 cm³/mol. The van der Waals surface area contributed by atoms with E-state index in [-0.39, 0.29) is 36.7 Å². The number of ether oxygens (including phenoxy) is 1. The van der Waals surface area contributed by atoms with Gasteiger partial charge in [0.15, 0.2) is 6.61 Å². The van der Waals surface area contributed by atoms with Crippen molar-refractivity contribution in [3.63, 3.8) is 0 Å². The van der Waals surface area contributed by atoms with Crippen LogP contribution in [0.4, 0.5) is 5.69 Å². The number of nitrogens with zero attached hydrogens (tertiary/aromatic N) is 1. The number of rotatable bonds is 7. The number of nitrogens with two attached hydrogens (primary N) is 1. The molecule has 0 saturated carbocycles. The summed E-state index contributed by atoms with van der Waals surface area (Å²) in [6, 6.07) is 7.27. The Morgan fingerprint density at radius 3 is 2.72 bits per heavy atom. The van der Waals surface area contributed by atoms with Crippen molar-refractivity contribution >= 4 is 29.9 Å². The highest BCUT2D eigenvalue weighted by Gasteiger charge is 2.28. The second-order valence-corrected chi connectivity index (χ2v) is 6.76. The van der Waals surface area contributed by atoms with E-state index in [1.807, 2.05) is 32.9 Å². The smallest absolute Gasteiger partial charge is 0.258 e. The van der Waals surface area contributed by atoms with Crippen molar-refractivity contribution in [3.8, 4) is 5.75 Å². The summed E-state index contributed by atoms with van der Waals surface area (Å²) in [4.78, 5) is 25.7. The highest BCUT2D eigenvalue weighted by molar-refractivity contribution is 5.95. The molecule has 1 aromatic rings. The number of benzene rings is 1. The Hall–Kier alpha value is -1.79. The van der Waals surface area contributed by atoms with Crippen molar-refractivity contribution in [3.05, 3.63) is 24.3 Å². The molecular formula is C18H28ClN3O3. The van der Waals surface area contributed by atoms with Crippen LogP contribution < -0.4 is 20.7 Å². The van der Waals surface area contributed by atoms with Gasteiger partial charge in [0, 0.05) is 31.3 Å². The van der Waals surface area contributed by atoms with Crippen LogP contribution in [0.5, 0.6) is 5.75 Å². The third-order valence-corrected chi connectivity index (χ3v) is 4.70. The first-order chi connectivity index (χ1) is 11.4. The van der Waals surface area contributed by atoms with E-state index in [9.17, 15) is 9.59 Å². The summed E-state index contributed by atoms with van der Waals surface area (Å²) in [7, 11) is 0. The molecule has 1 aromatic carbocycles. The highest BCUT2D eigenvalue weighted by Crippen LogP contribution is 2.25. The minimum atomic E-state index is -0.454. The molecule has 0 aromatic heterocycles. The molecule has 0 aliphatic carbocycles. The monoisotopic (exact) mass is 369 g/mol. The molecular weight excluding hydrogens is 342 g/mol. The summed E-state index contributed by atoms with van der Waals surface area (Å²) in [6.07, 6.45) is 1.46. The van der Waals surface area contributed by atoms with Gasteiger partial charge in [-0.2, -0.15) is 0 Å². The zero-order chi connectivity index (χ0) is 17.7. The Bertz CT molecular complexity index is 609. The first kappa shape index (κ1) is 21.3. The lowest BCUT2D eigenvalue weighted by Crippen LogP contribution is -2.56. The summed E-state index contributed by atoms with van der Waals surface area (Å²) < 4.78 is 5.58. The van der Waals surface area contributed by atoms with E-state index < -0.39 is 5.54 Å². The molecule has 3 N–H and O–H groups in total. The molecule has 0 bridgehead atoms. The number of amides is 2. The second-order valence-electron chi connectivity index (χ2n) is 6.76. The summed E-state index contributed by atoms with van der Waals surface area (Å²) in [5.74, 6) is 0.706. The van der Waals surface area contributed by atoms with Crippen LogP contribution in [0.1, 0.15) is 33.6 Å². The molecule has 6 nitrogen and oxygen atoms in total. The van der Waals surface area contributed by atoms with E-state index in [2.05, 4.69) is 5.32 Å². The maximum absolute atomic E-state index is 12.1. The van der Waals surface area contributed by atoms with Crippen LogP contribution >= 0.6 is 12.4 Å². The summed E-state index contributed by atoms with van der Waals surface area (Å²) >= 11 is 0. The number of anilines is 1. The molecule has 2 rings (SSSR count). The SMILES string of the molecule is CC(C)C(C)(CN)NC(=O)COc1cccc(N2CCCC2=O)c1.Cl. The standard InChI is InChI=1S/C18H27N3O3.ClH/c1-13(2)18(3,12-19)20-16(22)11-24-15-7-4-6-14(10-15)21-9-5-8-17(21)23;/h4,6-7,10,13H,5,8-9,11-12,19H2,1-3H3,(H,20,22);1H. The number of carbonyl (C=O) groups excluding carboxylic acids is 2. The average Bonchev–Trinajstić information content (AvgIpc) is 2.99. The van der Waals surface area contributed by atoms with Crippen LogP contribution in [-0.4, -0.2) is 37.0 Å². The van der Waals surface area contributed by atoms with Crippen LogP contribution in [0.15, 0.2) is 24.3 Å². The fourth-order valence-corrected chi connectivity index (χ4v) is 2.60. The Morgan fingerprint density at radius 1 is 1.44 bits per heavy atom. The molecule has 7 heteroatoms. The number of carbonyl (C=O) groups is 2. The first-order valence-corrected chi connectivity index (χ1v) is 8.40. The lowest BCUT2D eigenvalue weighted by molar-refractivity contribution is -0.125. The Morgan fingerprint density at radius 2 is 2.16 bits per heavy atom. The Labute approximate surface area is 155 Å². The average molecular weight is 370 g/mol. The van der Waals surface area contributed by atoms with Crippen molar-refractivity contribution < 1.29 is 14.3 Å². The first-order valence-electron chi connectivity index (χ1n) is 8.40. The van der Waals surface area contributed by atoms with Gasteiger partial charge in [-0.15, -0.1) is 12.4 Å². The molecule has 1 unspecified atom stereocenters. The van der Waals surface area contributed by atoms with Crippen molar-refractivity contribution in [2.75, 3.05) is 24.6 Å². The predicted octanol–water partition coefficient (Wildman–Crippen LogP) is 2.10. The Balaban J connectivity index is 0.00000312. The maximum Gasteiger partial charge on any atom is 0.258 e. The van der Waals surface area contributed by atoms with Gasteiger partial charge in [0.2, 0.25) is 5.91 Å². The lowest BCUT2D eigenvalue weighted by atomic mass is 9.88. The van der Waals surface area contributed by atoms with Gasteiger partial charge >= 0.3 is 0 Å². The number of hydrogen-bond donors (Lipinski definition) is 2. The van der Waals surface area contributed by atoms with Crippen LogP contribution in [0, 0.1) is 5.92 Å². The normalized spacial score (nSPS) is 16.4. The van der Waals surface area contributed by atoms with Crippen LogP contribution in [0.3, 0.4) is 0 Å². The van der Waals surface area contributed by atoms with Gasteiger partial charge < -0.3 is 20.7 Å². The quantitative estimate of drug-likeness (QED) is 0.770. The van der Waals surface area contributed by atoms with Gasteiger partial charge in [-0.05, 0) is 31.4 Å². The molecule has 1 aliphatic heterocycles. The van der Waals surface area contributed by atoms with E-state index >= 15 is 0 Å². The fraction of sp³-hybridized carbons (Fsp3) is 0.556. The molecule has 0 radical (unpaired) electrons. The molecule has 1 atom stereocenters. The van der Waals surface area contributed by atoms with Gasteiger partial charge in [-0.1, -0.05) is 19.9 Å². The number of halogens is 1. The van der Waals surface area contributed by atoms with E-state index in [1.165, 1.54) is 0 Å². The molecule has 140 valence electrons. The van der Waals surface area contributed by atoms with Gasteiger partial charge in [0.1, 0.15) is 5.75 Å². The summed E-state index contributed by atoms with van der Waals surface area (Å²) in [5.41, 5.74) is 6.13. The topological polar surface area (TPSA) is 84.7 Å². The van der Waals surface area contributed by atoms with Crippen LogP contribution in [0.2, 0.25) is 0 Å². The maximum atomic E-state index is 12.1. The molecule has 1 fully saturated rings. The zero-order valence-electron chi connectivity index (χ0n) is 15.1. The van der Waals surface area contributed by atoms with Gasteiger partial charge in [0.05, 0.1) is 5.54 Å². The largest absolute Gasteiger partial charge is 0.484 e. The van der Waals surface area contributed by atoms with Gasteiger partial charge in [-0.25, -0.2) is 0 Å². The number of nitrogens with one attached hydrogen (secondary N) is 1. The second kappa shape index (κ2) is 9.06. The summed E-state index contributed by atoms with van der Waals surface area (Å²) in [6.45, 7) is 6.97. The van der Waals surface area contributed by atoms with Crippen LogP contribution in [0.25, 0.3) is 0 Å². The minimum Gasteiger partial charge on any atom is -0.484 e. The van der Waals surface area contributed by atoms with Crippen molar-refractivity contribution in [1.29, 1.82) is 0 Å². The molecule has 1 aliphatic rings. The summed E-state index contributed by atoms with van der Waals surface area (Å²) in [5, 5.41) is 2.94. The van der Waals surface area contributed by atoms with E-state index in [0.717, 1.165) is 18.7 Å². The molecule has 0 spiro atoms. The van der Waals surface area contributed by atoms with Crippen molar-refractivity contribution in [2.45, 2.75) is 39.2 Å². The third kappa shape index (κ3) is 5.34. The molecule has 1 saturated heterocycles. The molecule has 2 amide bonds. The fourth-order valence-electron chi connectivity index (χ4n) is 2.60. The molecule has 1 heterocycles. The third-order valence-electron chi connectivity index (χ3n) is 4.70. The highest BCUT2D eigenvalue weighted by atomic mass is 35.5. The van der Waals surface area contributed by atoms with E-state index in [1.54, 1.807) is 17.0 Å². The molecule has 25 heavy (non-hydrogen) atoms. The zero-order valence-corrected chi connectivity index (χ0v) is 15.9. The lowest BCUT2D eigenvalue weighted by Gasteiger charge is -2.33. The number of hydrogen-bond acceptors (Lipinski definition) is 4. The van der Waals surface area contributed by atoms with E-state index in [4.69, 9.17) is 10.5 Å². The van der Waals surface area contributed by atoms with Gasteiger partial charge in [-0.3, -0.25) is 9.59 Å². The van der Waals surface area contributed by atoms with Crippen molar-refractivity contribution in [2.24, 2.45) is 11.7 Å². The minimum absolute atomic E-state index is 0. The van der Waals surface area contributed by atoms with Gasteiger partial charge in [0.25, 0.3) is 5.91 Å². The van der Waals surface area contributed by atoms with E-state index in [0.29, 0.717) is 18.7 Å². The van der Waals surface area contributed by atoms with Crippen molar-refractivity contribution in [1.82, 2.24) is 5.32 Å². The Kier molecular flexibility index (Phi) is 7.70.